The number of alkyl halides is 3. The zero-order chi connectivity index (χ0) is 22.4. The van der Waals surface area contributed by atoms with Crippen LogP contribution in [0.15, 0.2) is 24.9 Å². The fraction of sp³-hybridized carbons (Fsp3) is 0.650. The number of carboxylic acids is 1. The zero-order valence-corrected chi connectivity index (χ0v) is 17.5. The molecule has 1 N–H and O–H groups in total. The molecule has 4 rings (SSSR count). The molecule has 172 valence electrons. The van der Waals surface area contributed by atoms with Gasteiger partial charge in [0, 0.05) is 63.7 Å². The summed E-state index contributed by atoms with van der Waals surface area (Å²) < 4.78 is 42.0. The average Bonchev–Trinajstić information content (AvgIpc) is 3.21. The van der Waals surface area contributed by atoms with Crippen LogP contribution >= 0.6 is 0 Å². The van der Waals surface area contributed by atoms with Crippen LogP contribution in [-0.4, -0.2) is 61.2 Å². The van der Waals surface area contributed by atoms with Crippen molar-refractivity contribution in [2.24, 2.45) is 18.9 Å². The predicted octanol–water partition coefficient (Wildman–Crippen LogP) is 2.70. The molecule has 2 aliphatic rings. The maximum Gasteiger partial charge on any atom is 0.490 e. The van der Waals surface area contributed by atoms with Gasteiger partial charge in [0.2, 0.25) is 0 Å². The van der Waals surface area contributed by atoms with Crippen LogP contribution in [0.25, 0.3) is 0 Å². The van der Waals surface area contributed by atoms with E-state index in [0.29, 0.717) is 5.92 Å². The SMILES string of the molecule is Cn1cc(CN2Cc3cncn3CC(COCC3CCC3)C2)cn1.O=C(O)C(F)(F)F. The Kier molecular flexibility index (Phi) is 7.71. The van der Waals surface area contributed by atoms with Gasteiger partial charge in [0.15, 0.2) is 0 Å². The molecule has 1 aliphatic carbocycles. The first-order valence-electron chi connectivity index (χ1n) is 10.3. The van der Waals surface area contributed by atoms with E-state index < -0.39 is 12.1 Å². The van der Waals surface area contributed by atoms with Crippen molar-refractivity contribution in [3.63, 3.8) is 0 Å². The highest BCUT2D eigenvalue weighted by Gasteiger charge is 2.38. The maximum atomic E-state index is 10.6. The summed E-state index contributed by atoms with van der Waals surface area (Å²) in [4.78, 5) is 15.7. The van der Waals surface area contributed by atoms with Crippen molar-refractivity contribution < 1.29 is 27.8 Å². The van der Waals surface area contributed by atoms with Gasteiger partial charge in [0.05, 0.1) is 24.8 Å². The Morgan fingerprint density at radius 2 is 1.94 bits per heavy atom. The second-order valence-electron chi connectivity index (χ2n) is 8.23. The van der Waals surface area contributed by atoms with Gasteiger partial charge in [-0.3, -0.25) is 9.58 Å². The standard InChI is InChI=1S/C18H27N5O.C2HF3O2/c1-21-7-16(5-20-21)8-22-9-17(13-24-12-15-3-2-4-15)10-23-14-19-6-18(23)11-22;3-2(4,5)1(6)7/h5-7,14-15,17H,2-4,8-13H2,1H3;(H,6,7). The summed E-state index contributed by atoms with van der Waals surface area (Å²) in [6, 6.07) is 0. The van der Waals surface area contributed by atoms with E-state index in [1.807, 2.05) is 30.5 Å². The largest absolute Gasteiger partial charge is 0.490 e. The summed E-state index contributed by atoms with van der Waals surface area (Å²) in [5.41, 5.74) is 2.56. The highest BCUT2D eigenvalue weighted by atomic mass is 19.4. The summed E-state index contributed by atoms with van der Waals surface area (Å²) in [5, 5.41) is 11.4. The highest BCUT2D eigenvalue weighted by molar-refractivity contribution is 5.73. The number of rotatable bonds is 6. The van der Waals surface area contributed by atoms with Crippen LogP contribution in [0, 0.1) is 11.8 Å². The van der Waals surface area contributed by atoms with E-state index in [-0.39, 0.29) is 0 Å². The van der Waals surface area contributed by atoms with E-state index in [2.05, 4.69) is 25.7 Å². The molecule has 8 nitrogen and oxygen atoms in total. The number of fused-ring (bicyclic) bond motifs is 1. The van der Waals surface area contributed by atoms with Crippen molar-refractivity contribution in [1.82, 2.24) is 24.2 Å². The van der Waals surface area contributed by atoms with Crippen LogP contribution in [0.2, 0.25) is 0 Å². The molecule has 11 heteroatoms. The number of nitrogens with zero attached hydrogens (tertiary/aromatic N) is 5. The summed E-state index contributed by atoms with van der Waals surface area (Å²) in [6.07, 6.45) is 7.02. The summed E-state index contributed by atoms with van der Waals surface area (Å²) >= 11 is 0. The lowest BCUT2D eigenvalue weighted by atomic mass is 9.86. The van der Waals surface area contributed by atoms with Gasteiger partial charge in [-0.2, -0.15) is 18.3 Å². The van der Waals surface area contributed by atoms with E-state index in [4.69, 9.17) is 14.6 Å². The first-order valence-corrected chi connectivity index (χ1v) is 10.3. The van der Waals surface area contributed by atoms with Crippen molar-refractivity contribution in [2.75, 3.05) is 19.8 Å². The molecule has 0 bridgehead atoms. The monoisotopic (exact) mass is 443 g/mol. The summed E-state index contributed by atoms with van der Waals surface area (Å²) in [6.45, 7) is 5.71. The van der Waals surface area contributed by atoms with Gasteiger partial charge in [-0.15, -0.1) is 0 Å². The van der Waals surface area contributed by atoms with Crippen molar-refractivity contribution in [1.29, 1.82) is 0 Å². The molecule has 1 atom stereocenters. The predicted molar refractivity (Wildman–Crippen MR) is 105 cm³/mol. The molecular formula is C20H28F3N5O3. The number of carboxylic acid groups (broad SMARTS) is 1. The number of aryl methyl sites for hydroxylation is 1. The molecule has 2 aromatic heterocycles. The lowest BCUT2D eigenvalue weighted by Crippen LogP contribution is -2.30. The molecule has 1 fully saturated rings. The normalized spacial score (nSPS) is 19.7. The lowest BCUT2D eigenvalue weighted by molar-refractivity contribution is -0.192. The Hall–Kier alpha value is -2.40. The van der Waals surface area contributed by atoms with E-state index in [9.17, 15) is 13.2 Å². The van der Waals surface area contributed by atoms with Crippen LogP contribution < -0.4 is 0 Å². The van der Waals surface area contributed by atoms with Crippen LogP contribution in [0.5, 0.6) is 0 Å². The van der Waals surface area contributed by atoms with Crippen LogP contribution in [0.3, 0.4) is 0 Å². The fourth-order valence-corrected chi connectivity index (χ4v) is 3.74. The fourth-order valence-electron chi connectivity index (χ4n) is 3.74. The third-order valence-corrected chi connectivity index (χ3v) is 5.49. The van der Waals surface area contributed by atoms with Gasteiger partial charge in [-0.1, -0.05) is 6.42 Å². The van der Waals surface area contributed by atoms with Crippen molar-refractivity contribution in [2.45, 2.75) is 45.1 Å². The maximum absolute atomic E-state index is 10.6. The molecule has 0 saturated heterocycles. The molecule has 2 aromatic rings. The summed E-state index contributed by atoms with van der Waals surface area (Å²) in [5.74, 6) is -1.43. The Morgan fingerprint density at radius 3 is 2.52 bits per heavy atom. The Balaban J connectivity index is 0.000000339. The number of aliphatic carboxylic acids is 1. The molecule has 3 heterocycles. The molecule has 31 heavy (non-hydrogen) atoms. The van der Waals surface area contributed by atoms with E-state index in [0.717, 1.165) is 45.3 Å². The zero-order valence-electron chi connectivity index (χ0n) is 17.5. The minimum absolute atomic E-state index is 0.511. The van der Waals surface area contributed by atoms with E-state index >= 15 is 0 Å². The van der Waals surface area contributed by atoms with Crippen LogP contribution in [-0.2, 0) is 36.2 Å². The second kappa shape index (κ2) is 10.3. The van der Waals surface area contributed by atoms with Gasteiger partial charge in [-0.05, 0) is 18.8 Å². The van der Waals surface area contributed by atoms with Gasteiger partial charge in [0.1, 0.15) is 0 Å². The molecule has 0 radical (unpaired) electrons. The molecule has 1 unspecified atom stereocenters. The number of imidazole rings is 1. The van der Waals surface area contributed by atoms with Crippen molar-refractivity contribution in [3.8, 4) is 0 Å². The molecule has 0 amide bonds. The molecule has 0 aromatic carbocycles. The van der Waals surface area contributed by atoms with Gasteiger partial charge >= 0.3 is 12.1 Å². The number of halogens is 3. The first kappa shape index (κ1) is 23.3. The highest BCUT2D eigenvalue weighted by Crippen LogP contribution is 2.27. The lowest BCUT2D eigenvalue weighted by Gasteiger charge is -2.27. The van der Waals surface area contributed by atoms with Gasteiger partial charge in [0.25, 0.3) is 0 Å². The van der Waals surface area contributed by atoms with Crippen LogP contribution in [0.1, 0.15) is 30.5 Å². The number of hydrogen-bond donors (Lipinski definition) is 1. The Labute approximate surface area is 178 Å². The van der Waals surface area contributed by atoms with Gasteiger partial charge < -0.3 is 14.4 Å². The smallest absolute Gasteiger partial charge is 0.475 e. The number of hydrogen-bond acceptors (Lipinski definition) is 5. The topological polar surface area (TPSA) is 85.4 Å². The van der Waals surface area contributed by atoms with E-state index in [1.165, 1.54) is 30.5 Å². The quantitative estimate of drug-likeness (QED) is 0.739. The number of carbonyl (C=O) groups is 1. The van der Waals surface area contributed by atoms with Gasteiger partial charge in [-0.25, -0.2) is 9.78 Å². The van der Waals surface area contributed by atoms with Crippen molar-refractivity contribution >= 4 is 5.97 Å². The molecule has 1 saturated carbocycles. The second-order valence-corrected chi connectivity index (χ2v) is 8.23. The molecule has 0 spiro atoms. The average molecular weight is 443 g/mol. The minimum atomic E-state index is -5.08. The van der Waals surface area contributed by atoms with Crippen molar-refractivity contribution in [3.05, 3.63) is 36.2 Å². The summed E-state index contributed by atoms with van der Waals surface area (Å²) in [7, 11) is 1.97. The first-order chi connectivity index (χ1) is 14.7. The van der Waals surface area contributed by atoms with E-state index in [1.54, 1.807) is 0 Å². The minimum Gasteiger partial charge on any atom is -0.475 e. The number of ether oxygens (including phenoxy) is 1. The number of aromatic nitrogens is 4. The third kappa shape index (κ3) is 7.06. The molecule has 1 aliphatic heterocycles. The third-order valence-electron chi connectivity index (χ3n) is 5.49. The molecular weight excluding hydrogens is 415 g/mol. The Morgan fingerprint density at radius 1 is 1.23 bits per heavy atom. The van der Waals surface area contributed by atoms with Crippen LogP contribution in [0.4, 0.5) is 13.2 Å². The Bertz CT molecular complexity index is 847.